The van der Waals surface area contributed by atoms with Gasteiger partial charge in [-0.2, -0.15) is 5.26 Å². The Morgan fingerprint density at radius 1 is 1.33 bits per heavy atom. The van der Waals surface area contributed by atoms with Gasteiger partial charge in [0.2, 0.25) is 0 Å². The van der Waals surface area contributed by atoms with E-state index in [-0.39, 0.29) is 12.0 Å². The van der Waals surface area contributed by atoms with Crippen molar-refractivity contribution in [2.24, 2.45) is 5.41 Å². The summed E-state index contributed by atoms with van der Waals surface area (Å²) >= 11 is 0. The number of nitriles is 1. The number of benzene rings is 1. The van der Waals surface area contributed by atoms with Crippen LogP contribution in [0.25, 0.3) is 0 Å². The van der Waals surface area contributed by atoms with Crippen molar-refractivity contribution < 1.29 is 9.84 Å². The molecule has 1 fully saturated rings. The molecule has 1 aliphatic carbocycles. The fourth-order valence-corrected chi connectivity index (χ4v) is 3.12. The lowest BCUT2D eigenvalue weighted by Crippen LogP contribution is -2.38. The number of ether oxygens (including phenoxy) is 1. The molecule has 1 aromatic rings. The summed E-state index contributed by atoms with van der Waals surface area (Å²) in [6.45, 7) is 1.80. The van der Waals surface area contributed by atoms with Crippen LogP contribution in [0.5, 0.6) is 5.75 Å². The molecule has 2 rings (SSSR count). The summed E-state index contributed by atoms with van der Waals surface area (Å²) in [7, 11) is 1.57. The molecule has 0 unspecified atom stereocenters. The molecule has 0 heterocycles. The molecule has 1 aliphatic rings. The van der Waals surface area contributed by atoms with Crippen LogP contribution in [0, 0.1) is 16.7 Å². The second-order valence-electron chi connectivity index (χ2n) is 5.97. The van der Waals surface area contributed by atoms with Crippen molar-refractivity contribution >= 4 is 0 Å². The number of rotatable bonds is 6. The molecule has 0 amide bonds. The van der Waals surface area contributed by atoms with E-state index < -0.39 is 0 Å². The highest BCUT2D eigenvalue weighted by Crippen LogP contribution is 2.35. The molecular formula is C17H24N2O2. The molecule has 4 heteroatoms. The van der Waals surface area contributed by atoms with Gasteiger partial charge in [-0.05, 0) is 30.5 Å². The van der Waals surface area contributed by atoms with Crippen molar-refractivity contribution in [1.29, 1.82) is 5.26 Å². The standard InChI is InChI=1S/C17H24N2O2/c1-21-16-6-5-14(9-15(16)10-18)11-19-12-17(13-20)7-3-2-4-8-17/h5-6,9,19-20H,2-4,7-8,11-13H2,1H3. The lowest BCUT2D eigenvalue weighted by atomic mass is 9.74. The molecule has 114 valence electrons. The molecule has 2 N–H and O–H groups in total. The molecule has 0 atom stereocenters. The summed E-state index contributed by atoms with van der Waals surface area (Å²) < 4.78 is 5.15. The highest BCUT2D eigenvalue weighted by Gasteiger charge is 2.30. The summed E-state index contributed by atoms with van der Waals surface area (Å²) in [5.41, 5.74) is 1.67. The summed E-state index contributed by atoms with van der Waals surface area (Å²) in [4.78, 5) is 0. The van der Waals surface area contributed by atoms with Crippen molar-refractivity contribution in [2.45, 2.75) is 38.6 Å². The SMILES string of the molecule is COc1ccc(CNCC2(CO)CCCCC2)cc1C#N. The van der Waals surface area contributed by atoms with Crippen LogP contribution >= 0.6 is 0 Å². The van der Waals surface area contributed by atoms with Crippen LogP contribution in [0.2, 0.25) is 0 Å². The average molecular weight is 288 g/mol. The van der Waals surface area contributed by atoms with Gasteiger partial charge in [-0.15, -0.1) is 0 Å². The first kappa shape index (κ1) is 15.8. The molecule has 1 saturated carbocycles. The maximum Gasteiger partial charge on any atom is 0.136 e. The van der Waals surface area contributed by atoms with Gasteiger partial charge < -0.3 is 15.2 Å². The Morgan fingerprint density at radius 2 is 2.10 bits per heavy atom. The topological polar surface area (TPSA) is 65.3 Å². The van der Waals surface area contributed by atoms with Crippen LogP contribution in [0.3, 0.4) is 0 Å². The van der Waals surface area contributed by atoms with Crippen molar-refractivity contribution in [3.63, 3.8) is 0 Å². The number of aliphatic hydroxyl groups excluding tert-OH is 1. The van der Waals surface area contributed by atoms with Gasteiger partial charge >= 0.3 is 0 Å². The molecule has 0 spiro atoms. The van der Waals surface area contributed by atoms with Gasteiger partial charge in [0.15, 0.2) is 0 Å². The van der Waals surface area contributed by atoms with E-state index >= 15 is 0 Å². The van der Waals surface area contributed by atoms with Crippen LogP contribution in [-0.4, -0.2) is 25.4 Å². The Kier molecular flexibility index (Phi) is 5.60. The van der Waals surface area contributed by atoms with E-state index in [0.29, 0.717) is 17.9 Å². The summed E-state index contributed by atoms with van der Waals surface area (Å²) in [5.74, 6) is 0.611. The zero-order valence-corrected chi connectivity index (χ0v) is 12.7. The largest absolute Gasteiger partial charge is 0.495 e. The number of nitrogens with zero attached hydrogens (tertiary/aromatic N) is 1. The molecule has 0 bridgehead atoms. The maximum absolute atomic E-state index is 9.69. The van der Waals surface area contributed by atoms with E-state index in [1.54, 1.807) is 7.11 Å². The predicted octanol–water partition coefficient (Wildman–Crippen LogP) is 2.60. The third-order valence-corrected chi connectivity index (χ3v) is 4.46. The number of aliphatic hydroxyl groups is 1. The highest BCUT2D eigenvalue weighted by atomic mass is 16.5. The van der Waals surface area contributed by atoms with E-state index in [2.05, 4.69) is 11.4 Å². The molecular weight excluding hydrogens is 264 g/mol. The molecule has 0 aliphatic heterocycles. The second-order valence-corrected chi connectivity index (χ2v) is 5.97. The Labute approximate surface area is 126 Å². The Balaban J connectivity index is 1.92. The lowest BCUT2D eigenvalue weighted by molar-refractivity contribution is 0.0810. The van der Waals surface area contributed by atoms with Gasteiger partial charge in [0.05, 0.1) is 12.7 Å². The summed E-state index contributed by atoms with van der Waals surface area (Å²) in [6, 6.07) is 7.81. The zero-order valence-electron chi connectivity index (χ0n) is 12.7. The van der Waals surface area contributed by atoms with Crippen LogP contribution in [-0.2, 0) is 6.54 Å². The fourth-order valence-electron chi connectivity index (χ4n) is 3.12. The predicted molar refractivity (Wildman–Crippen MR) is 82.0 cm³/mol. The first-order chi connectivity index (χ1) is 10.2. The summed E-state index contributed by atoms with van der Waals surface area (Å²) in [6.07, 6.45) is 5.91. The molecule has 0 aromatic heterocycles. The Bertz CT molecular complexity index is 502. The fraction of sp³-hybridized carbons (Fsp3) is 0.588. The lowest BCUT2D eigenvalue weighted by Gasteiger charge is -2.35. The molecule has 0 radical (unpaired) electrons. The highest BCUT2D eigenvalue weighted by molar-refractivity contribution is 5.45. The van der Waals surface area contributed by atoms with Gasteiger partial charge in [0, 0.05) is 25.1 Å². The Hall–Kier alpha value is -1.57. The first-order valence-electron chi connectivity index (χ1n) is 7.62. The zero-order chi connectivity index (χ0) is 15.1. The maximum atomic E-state index is 9.69. The molecule has 1 aromatic carbocycles. The minimum atomic E-state index is 0.0444. The molecule has 4 nitrogen and oxygen atoms in total. The number of hydrogen-bond donors (Lipinski definition) is 2. The van der Waals surface area contributed by atoms with Crippen LogP contribution in [0.15, 0.2) is 18.2 Å². The Morgan fingerprint density at radius 3 is 2.71 bits per heavy atom. The van der Waals surface area contributed by atoms with Gasteiger partial charge in [-0.1, -0.05) is 25.3 Å². The third-order valence-electron chi connectivity index (χ3n) is 4.46. The first-order valence-corrected chi connectivity index (χ1v) is 7.62. The number of methoxy groups -OCH3 is 1. The quantitative estimate of drug-likeness (QED) is 0.844. The monoisotopic (exact) mass is 288 g/mol. The van der Waals surface area contributed by atoms with Crippen LogP contribution in [0.1, 0.15) is 43.2 Å². The van der Waals surface area contributed by atoms with E-state index in [9.17, 15) is 5.11 Å². The van der Waals surface area contributed by atoms with Crippen molar-refractivity contribution in [3.05, 3.63) is 29.3 Å². The van der Waals surface area contributed by atoms with Crippen molar-refractivity contribution in [1.82, 2.24) is 5.32 Å². The second kappa shape index (κ2) is 7.44. The van der Waals surface area contributed by atoms with Crippen LogP contribution < -0.4 is 10.1 Å². The number of hydrogen-bond acceptors (Lipinski definition) is 4. The normalized spacial score (nSPS) is 17.2. The van der Waals surface area contributed by atoms with Gasteiger partial charge in [-0.3, -0.25) is 0 Å². The molecule has 21 heavy (non-hydrogen) atoms. The van der Waals surface area contributed by atoms with Crippen molar-refractivity contribution in [2.75, 3.05) is 20.3 Å². The van der Waals surface area contributed by atoms with Crippen LogP contribution in [0.4, 0.5) is 0 Å². The third kappa shape index (κ3) is 3.96. The van der Waals surface area contributed by atoms with E-state index in [0.717, 1.165) is 24.9 Å². The number of nitrogens with one attached hydrogen (secondary N) is 1. The van der Waals surface area contributed by atoms with Crippen molar-refractivity contribution in [3.8, 4) is 11.8 Å². The average Bonchev–Trinajstić information content (AvgIpc) is 2.55. The minimum Gasteiger partial charge on any atom is -0.495 e. The smallest absolute Gasteiger partial charge is 0.136 e. The summed E-state index contributed by atoms with van der Waals surface area (Å²) in [5, 5.41) is 22.2. The van der Waals surface area contributed by atoms with E-state index in [4.69, 9.17) is 10.00 Å². The van der Waals surface area contributed by atoms with E-state index in [1.807, 2.05) is 18.2 Å². The van der Waals surface area contributed by atoms with Gasteiger partial charge in [0.1, 0.15) is 11.8 Å². The molecule has 0 saturated heterocycles. The van der Waals surface area contributed by atoms with Gasteiger partial charge in [-0.25, -0.2) is 0 Å². The van der Waals surface area contributed by atoms with Gasteiger partial charge in [0.25, 0.3) is 0 Å². The van der Waals surface area contributed by atoms with E-state index in [1.165, 1.54) is 19.3 Å². The minimum absolute atomic E-state index is 0.0444.